The summed E-state index contributed by atoms with van der Waals surface area (Å²) in [6.45, 7) is 2.44. The van der Waals surface area contributed by atoms with Crippen molar-refractivity contribution in [3.05, 3.63) is 42.1 Å². The van der Waals surface area contributed by atoms with E-state index >= 15 is 0 Å². The molecule has 0 saturated heterocycles. The molecule has 0 aliphatic heterocycles. The van der Waals surface area contributed by atoms with E-state index in [1.54, 1.807) is 6.07 Å². The third kappa shape index (κ3) is 2.71. The molecule has 0 bridgehead atoms. The van der Waals surface area contributed by atoms with Gasteiger partial charge in [0, 0.05) is 6.54 Å². The SMILES string of the molecule is CCNc1ncc(F)c(Oc2ccccc2F)n1. The third-order valence-electron chi connectivity index (χ3n) is 2.09. The summed E-state index contributed by atoms with van der Waals surface area (Å²) >= 11 is 0. The minimum Gasteiger partial charge on any atom is -0.433 e. The van der Waals surface area contributed by atoms with Crippen molar-refractivity contribution in [3.8, 4) is 11.6 Å². The maximum absolute atomic E-state index is 13.4. The number of rotatable bonds is 4. The topological polar surface area (TPSA) is 47.0 Å². The van der Waals surface area contributed by atoms with Crippen LogP contribution in [0.5, 0.6) is 11.6 Å². The van der Waals surface area contributed by atoms with Gasteiger partial charge >= 0.3 is 0 Å². The number of anilines is 1. The quantitative estimate of drug-likeness (QED) is 0.907. The van der Waals surface area contributed by atoms with Crippen molar-refractivity contribution in [3.63, 3.8) is 0 Å². The molecule has 0 spiro atoms. The zero-order valence-electron chi connectivity index (χ0n) is 9.65. The molecule has 1 aromatic heterocycles. The van der Waals surface area contributed by atoms with E-state index in [9.17, 15) is 8.78 Å². The summed E-state index contributed by atoms with van der Waals surface area (Å²) in [7, 11) is 0. The van der Waals surface area contributed by atoms with Crippen molar-refractivity contribution in [1.82, 2.24) is 9.97 Å². The van der Waals surface area contributed by atoms with E-state index in [2.05, 4.69) is 15.3 Å². The minimum atomic E-state index is -0.750. The van der Waals surface area contributed by atoms with Crippen LogP contribution in [0.2, 0.25) is 0 Å². The molecule has 0 atom stereocenters. The van der Waals surface area contributed by atoms with Gasteiger partial charge in [0.1, 0.15) is 0 Å². The Kier molecular flexibility index (Phi) is 3.66. The van der Waals surface area contributed by atoms with Crippen molar-refractivity contribution < 1.29 is 13.5 Å². The summed E-state index contributed by atoms with van der Waals surface area (Å²) in [5.74, 6) is -1.51. The molecule has 0 radical (unpaired) electrons. The van der Waals surface area contributed by atoms with Crippen molar-refractivity contribution in [1.29, 1.82) is 0 Å². The van der Waals surface area contributed by atoms with E-state index in [0.29, 0.717) is 6.54 Å². The van der Waals surface area contributed by atoms with Crippen molar-refractivity contribution in [2.75, 3.05) is 11.9 Å². The van der Waals surface area contributed by atoms with Crippen LogP contribution in [0, 0.1) is 11.6 Å². The molecule has 0 aliphatic rings. The van der Waals surface area contributed by atoms with E-state index in [1.165, 1.54) is 18.2 Å². The lowest BCUT2D eigenvalue weighted by molar-refractivity contribution is 0.397. The Morgan fingerprint density at radius 3 is 2.72 bits per heavy atom. The highest BCUT2D eigenvalue weighted by Gasteiger charge is 2.11. The van der Waals surface area contributed by atoms with Gasteiger partial charge in [0.15, 0.2) is 11.6 Å². The fourth-order valence-corrected chi connectivity index (χ4v) is 1.30. The van der Waals surface area contributed by atoms with Gasteiger partial charge in [-0.3, -0.25) is 0 Å². The van der Waals surface area contributed by atoms with Crippen LogP contribution in [0.1, 0.15) is 6.92 Å². The van der Waals surface area contributed by atoms with Crippen molar-refractivity contribution in [2.45, 2.75) is 6.92 Å². The van der Waals surface area contributed by atoms with Crippen LogP contribution >= 0.6 is 0 Å². The average molecular weight is 251 g/mol. The number of aromatic nitrogens is 2. The van der Waals surface area contributed by atoms with Gasteiger partial charge in [-0.15, -0.1) is 0 Å². The molecule has 2 aromatic rings. The number of benzene rings is 1. The lowest BCUT2D eigenvalue weighted by atomic mass is 10.3. The highest BCUT2D eigenvalue weighted by molar-refractivity contribution is 5.32. The van der Waals surface area contributed by atoms with Crippen molar-refractivity contribution in [2.24, 2.45) is 0 Å². The standard InChI is InChI=1S/C12H11F2N3O/c1-2-15-12-16-7-9(14)11(17-12)18-10-6-4-3-5-8(10)13/h3-7H,2H2,1H3,(H,15,16,17). The molecule has 2 rings (SSSR count). The molecule has 0 unspecified atom stereocenters. The first-order valence-corrected chi connectivity index (χ1v) is 5.39. The first-order chi connectivity index (χ1) is 8.70. The van der Waals surface area contributed by atoms with E-state index in [1.807, 2.05) is 6.92 Å². The fourth-order valence-electron chi connectivity index (χ4n) is 1.30. The van der Waals surface area contributed by atoms with Gasteiger partial charge in [0.25, 0.3) is 5.88 Å². The summed E-state index contributed by atoms with van der Waals surface area (Å²) < 4.78 is 31.9. The second-order valence-electron chi connectivity index (χ2n) is 3.41. The Morgan fingerprint density at radius 1 is 1.22 bits per heavy atom. The highest BCUT2D eigenvalue weighted by Crippen LogP contribution is 2.24. The van der Waals surface area contributed by atoms with Crippen LogP contribution in [-0.4, -0.2) is 16.5 Å². The van der Waals surface area contributed by atoms with Gasteiger partial charge in [-0.25, -0.2) is 9.37 Å². The Labute approximate surface area is 103 Å². The molecule has 94 valence electrons. The minimum absolute atomic E-state index is 0.0856. The number of nitrogens with one attached hydrogen (secondary N) is 1. The van der Waals surface area contributed by atoms with Gasteiger partial charge in [0.2, 0.25) is 11.8 Å². The molecular weight excluding hydrogens is 240 g/mol. The van der Waals surface area contributed by atoms with Gasteiger partial charge in [-0.05, 0) is 19.1 Å². The zero-order valence-corrected chi connectivity index (χ0v) is 9.65. The van der Waals surface area contributed by atoms with Crippen LogP contribution in [-0.2, 0) is 0 Å². The molecule has 1 N–H and O–H groups in total. The number of ether oxygens (including phenoxy) is 1. The van der Waals surface area contributed by atoms with E-state index in [-0.39, 0.29) is 17.6 Å². The highest BCUT2D eigenvalue weighted by atomic mass is 19.1. The summed E-state index contributed by atoms with van der Waals surface area (Å²) in [6.07, 6.45) is 0.973. The van der Waals surface area contributed by atoms with Gasteiger partial charge in [-0.1, -0.05) is 12.1 Å². The maximum Gasteiger partial charge on any atom is 0.260 e. The lowest BCUT2D eigenvalue weighted by Crippen LogP contribution is -2.04. The monoisotopic (exact) mass is 251 g/mol. The van der Waals surface area contributed by atoms with E-state index in [4.69, 9.17) is 4.74 Å². The number of nitrogens with zero attached hydrogens (tertiary/aromatic N) is 2. The van der Waals surface area contributed by atoms with E-state index < -0.39 is 11.6 Å². The molecule has 0 fully saturated rings. The Bertz CT molecular complexity index is 549. The smallest absolute Gasteiger partial charge is 0.260 e. The first kappa shape index (κ1) is 12.2. The van der Waals surface area contributed by atoms with Crippen LogP contribution in [0.15, 0.2) is 30.5 Å². The Morgan fingerprint density at radius 2 is 2.00 bits per heavy atom. The number of para-hydroxylation sites is 1. The predicted octanol–water partition coefficient (Wildman–Crippen LogP) is 2.98. The van der Waals surface area contributed by atoms with Crippen LogP contribution < -0.4 is 10.1 Å². The number of halogens is 2. The summed E-state index contributed by atoms with van der Waals surface area (Å²) in [6, 6.07) is 5.72. The normalized spacial score (nSPS) is 10.2. The van der Waals surface area contributed by atoms with Gasteiger partial charge in [0.05, 0.1) is 6.20 Å². The zero-order chi connectivity index (χ0) is 13.0. The second kappa shape index (κ2) is 5.39. The van der Waals surface area contributed by atoms with Gasteiger partial charge in [-0.2, -0.15) is 9.37 Å². The molecule has 0 amide bonds. The molecule has 4 nitrogen and oxygen atoms in total. The van der Waals surface area contributed by atoms with Crippen LogP contribution in [0.4, 0.5) is 14.7 Å². The number of hydrogen-bond acceptors (Lipinski definition) is 4. The van der Waals surface area contributed by atoms with Crippen LogP contribution in [0.25, 0.3) is 0 Å². The van der Waals surface area contributed by atoms with Crippen molar-refractivity contribution >= 4 is 5.95 Å². The fraction of sp³-hybridized carbons (Fsp3) is 0.167. The average Bonchev–Trinajstić information content (AvgIpc) is 2.36. The first-order valence-electron chi connectivity index (χ1n) is 5.39. The predicted molar refractivity (Wildman–Crippen MR) is 62.6 cm³/mol. The largest absolute Gasteiger partial charge is 0.433 e. The number of hydrogen-bond donors (Lipinski definition) is 1. The second-order valence-corrected chi connectivity index (χ2v) is 3.41. The molecule has 1 heterocycles. The maximum atomic E-state index is 13.4. The summed E-state index contributed by atoms with van der Waals surface area (Å²) in [4.78, 5) is 7.53. The lowest BCUT2D eigenvalue weighted by Gasteiger charge is -2.08. The summed E-state index contributed by atoms with van der Waals surface area (Å²) in [5.41, 5.74) is 0. The molecule has 1 aromatic carbocycles. The van der Waals surface area contributed by atoms with Crippen LogP contribution in [0.3, 0.4) is 0 Å². The molecular formula is C12H11F2N3O. The molecule has 0 saturated carbocycles. The third-order valence-corrected chi connectivity index (χ3v) is 2.09. The Balaban J connectivity index is 2.28. The Hall–Kier alpha value is -2.24. The molecule has 18 heavy (non-hydrogen) atoms. The van der Waals surface area contributed by atoms with Gasteiger partial charge < -0.3 is 10.1 Å². The molecule has 0 aliphatic carbocycles. The molecule has 6 heteroatoms. The van der Waals surface area contributed by atoms with E-state index in [0.717, 1.165) is 6.20 Å². The summed E-state index contributed by atoms with van der Waals surface area (Å²) in [5, 5.41) is 2.81.